The molecule has 6 nitrogen and oxygen atoms in total. The van der Waals surface area contributed by atoms with Gasteiger partial charge in [-0.3, -0.25) is 0 Å². The zero-order valence-corrected chi connectivity index (χ0v) is 15.9. The van der Waals surface area contributed by atoms with Gasteiger partial charge < -0.3 is 19.5 Å². The second kappa shape index (κ2) is 6.14. The quantitative estimate of drug-likeness (QED) is 0.833. The standard InChI is InChI=1S/C18H21BrN4O2/c1-12-7-20-16(25-12)13-8-22(2)9-18(13)10-23(11-18)17(24)21-15-6-4-3-5-14(15)19/h3-7,13H,8-11H2,1-2H3,(H,21,24). The molecule has 0 radical (unpaired) electrons. The average molecular weight is 405 g/mol. The molecule has 2 aliphatic heterocycles. The number of hydrogen-bond donors (Lipinski definition) is 1. The van der Waals surface area contributed by atoms with Crippen molar-refractivity contribution in [2.24, 2.45) is 5.41 Å². The number of rotatable bonds is 2. The smallest absolute Gasteiger partial charge is 0.321 e. The monoisotopic (exact) mass is 404 g/mol. The number of carbonyl (C=O) groups excluding carboxylic acids is 1. The van der Waals surface area contributed by atoms with Crippen LogP contribution >= 0.6 is 15.9 Å². The van der Waals surface area contributed by atoms with Gasteiger partial charge in [0.05, 0.1) is 17.8 Å². The Labute approximate surface area is 155 Å². The Bertz CT molecular complexity index is 800. The number of para-hydroxylation sites is 1. The van der Waals surface area contributed by atoms with E-state index < -0.39 is 0 Å². The molecule has 2 saturated heterocycles. The summed E-state index contributed by atoms with van der Waals surface area (Å²) in [6.45, 7) is 5.23. The molecule has 2 amide bonds. The molecule has 1 atom stereocenters. The summed E-state index contributed by atoms with van der Waals surface area (Å²) in [6.07, 6.45) is 1.78. The third-order valence-electron chi connectivity index (χ3n) is 5.17. The normalized spacial score (nSPS) is 22.2. The van der Waals surface area contributed by atoms with E-state index in [0.717, 1.165) is 48.0 Å². The third-order valence-corrected chi connectivity index (χ3v) is 5.86. The highest BCUT2D eigenvalue weighted by Crippen LogP contribution is 2.48. The van der Waals surface area contributed by atoms with Crippen molar-refractivity contribution in [2.45, 2.75) is 12.8 Å². The maximum absolute atomic E-state index is 12.6. The van der Waals surface area contributed by atoms with Gasteiger partial charge in [-0.05, 0) is 42.0 Å². The van der Waals surface area contributed by atoms with Gasteiger partial charge in [-0.25, -0.2) is 9.78 Å². The van der Waals surface area contributed by atoms with E-state index in [9.17, 15) is 4.79 Å². The minimum absolute atomic E-state index is 0.0390. The van der Waals surface area contributed by atoms with Crippen LogP contribution in [0.25, 0.3) is 0 Å². The van der Waals surface area contributed by atoms with Crippen molar-refractivity contribution < 1.29 is 9.21 Å². The molecule has 2 aromatic rings. The molecule has 25 heavy (non-hydrogen) atoms. The summed E-state index contributed by atoms with van der Waals surface area (Å²) in [4.78, 5) is 21.2. The lowest BCUT2D eigenvalue weighted by atomic mass is 9.71. The second-order valence-corrected chi connectivity index (χ2v) is 8.04. The van der Waals surface area contributed by atoms with Crippen LogP contribution in [0.15, 0.2) is 39.4 Å². The first kappa shape index (κ1) is 16.6. The number of carbonyl (C=O) groups is 1. The number of urea groups is 1. The molecule has 1 N–H and O–H groups in total. The zero-order valence-electron chi connectivity index (χ0n) is 14.3. The highest BCUT2D eigenvalue weighted by atomic mass is 79.9. The summed E-state index contributed by atoms with van der Waals surface area (Å²) in [5.74, 6) is 1.87. The molecule has 1 aromatic carbocycles. The van der Waals surface area contributed by atoms with Crippen LogP contribution in [0, 0.1) is 12.3 Å². The van der Waals surface area contributed by atoms with Crippen molar-refractivity contribution in [1.82, 2.24) is 14.8 Å². The van der Waals surface area contributed by atoms with Gasteiger partial charge in [0.2, 0.25) is 0 Å². The molecule has 3 heterocycles. The summed E-state index contributed by atoms with van der Waals surface area (Å²) >= 11 is 3.46. The Morgan fingerprint density at radius 3 is 2.80 bits per heavy atom. The number of aromatic nitrogens is 1. The van der Waals surface area contributed by atoms with Crippen molar-refractivity contribution in [3.63, 3.8) is 0 Å². The number of anilines is 1. The van der Waals surface area contributed by atoms with Gasteiger partial charge in [0.1, 0.15) is 5.76 Å². The lowest BCUT2D eigenvalue weighted by Gasteiger charge is -2.50. The minimum atomic E-state index is -0.0607. The average Bonchev–Trinajstić information content (AvgIpc) is 3.11. The number of likely N-dealkylation sites (N-methyl/N-ethyl adjacent to an activating group) is 1. The predicted octanol–water partition coefficient (Wildman–Crippen LogP) is 3.31. The van der Waals surface area contributed by atoms with E-state index in [1.807, 2.05) is 36.1 Å². The van der Waals surface area contributed by atoms with Gasteiger partial charge in [-0.1, -0.05) is 12.1 Å². The molecule has 1 aromatic heterocycles. The van der Waals surface area contributed by atoms with Gasteiger partial charge in [0.25, 0.3) is 0 Å². The van der Waals surface area contributed by atoms with Crippen LogP contribution in [0.5, 0.6) is 0 Å². The van der Waals surface area contributed by atoms with Gasteiger partial charge >= 0.3 is 6.03 Å². The molecule has 0 bridgehead atoms. The second-order valence-electron chi connectivity index (χ2n) is 7.19. The van der Waals surface area contributed by atoms with E-state index in [2.05, 4.69) is 38.2 Å². The van der Waals surface area contributed by atoms with Crippen LogP contribution in [-0.2, 0) is 0 Å². The fourth-order valence-electron chi connectivity index (χ4n) is 4.03. The number of oxazole rings is 1. The van der Waals surface area contributed by atoms with Crippen molar-refractivity contribution >= 4 is 27.6 Å². The molecular formula is C18H21BrN4O2. The maximum atomic E-state index is 12.6. The summed E-state index contributed by atoms with van der Waals surface area (Å²) in [6, 6.07) is 7.58. The van der Waals surface area contributed by atoms with Crippen LogP contribution in [0.2, 0.25) is 0 Å². The van der Waals surface area contributed by atoms with E-state index in [1.165, 1.54) is 0 Å². The fourth-order valence-corrected chi connectivity index (χ4v) is 4.41. The molecule has 4 rings (SSSR count). The SMILES string of the molecule is Cc1cnc(C2CN(C)CC23CN(C(=O)Nc2ccccc2Br)C3)o1. The molecular weight excluding hydrogens is 384 g/mol. The molecule has 1 unspecified atom stereocenters. The van der Waals surface area contributed by atoms with Crippen molar-refractivity contribution in [2.75, 3.05) is 38.5 Å². The molecule has 0 saturated carbocycles. The van der Waals surface area contributed by atoms with Crippen LogP contribution in [0.4, 0.5) is 10.5 Å². The summed E-state index contributed by atoms with van der Waals surface area (Å²) < 4.78 is 6.67. The van der Waals surface area contributed by atoms with Crippen LogP contribution in [-0.4, -0.2) is 54.0 Å². The Morgan fingerprint density at radius 2 is 2.12 bits per heavy atom. The van der Waals surface area contributed by atoms with Gasteiger partial charge in [-0.15, -0.1) is 0 Å². The molecule has 0 aliphatic carbocycles. The van der Waals surface area contributed by atoms with Gasteiger partial charge in [0, 0.05) is 36.1 Å². The number of benzene rings is 1. The first-order chi connectivity index (χ1) is 12.0. The largest absolute Gasteiger partial charge is 0.446 e. The van der Waals surface area contributed by atoms with Crippen LogP contribution < -0.4 is 5.32 Å². The van der Waals surface area contributed by atoms with Gasteiger partial charge in [-0.2, -0.15) is 0 Å². The lowest BCUT2D eigenvalue weighted by Crippen LogP contribution is -2.62. The maximum Gasteiger partial charge on any atom is 0.321 e. The molecule has 2 aliphatic rings. The number of likely N-dealkylation sites (tertiary alicyclic amines) is 2. The summed E-state index contributed by atoms with van der Waals surface area (Å²) in [5, 5.41) is 2.98. The number of hydrogen-bond acceptors (Lipinski definition) is 4. The van der Waals surface area contributed by atoms with Crippen molar-refractivity contribution in [3.8, 4) is 0 Å². The highest BCUT2D eigenvalue weighted by molar-refractivity contribution is 9.10. The number of aryl methyl sites for hydroxylation is 1. The molecule has 2 fully saturated rings. The van der Waals surface area contributed by atoms with E-state index in [1.54, 1.807) is 6.20 Å². The molecule has 132 valence electrons. The Balaban J connectivity index is 1.46. The number of nitrogens with zero attached hydrogens (tertiary/aromatic N) is 3. The topological polar surface area (TPSA) is 61.6 Å². The molecule has 1 spiro atoms. The fraction of sp³-hybridized carbons (Fsp3) is 0.444. The summed E-state index contributed by atoms with van der Waals surface area (Å²) in [7, 11) is 2.11. The Kier molecular flexibility index (Phi) is 4.08. The van der Waals surface area contributed by atoms with E-state index >= 15 is 0 Å². The van der Waals surface area contributed by atoms with Crippen LogP contribution in [0.3, 0.4) is 0 Å². The lowest BCUT2D eigenvalue weighted by molar-refractivity contribution is 0.0281. The molecule has 7 heteroatoms. The first-order valence-corrected chi connectivity index (χ1v) is 9.17. The van der Waals surface area contributed by atoms with E-state index in [-0.39, 0.29) is 17.4 Å². The highest BCUT2D eigenvalue weighted by Gasteiger charge is 2.56. The van der Waals surface area contributed by atoms with Crippen molar-refractivity contribution in [1.29, 1.82) is 0 Å². The van der Waals surface area contributed by atoms with E-state index in [0.29, 0.717) is 0 Å². The summed E-state index contributed by atoms with van der Waals surface area (Å²) in [5.41, 5.74) is 0.828. The van der Waals surface area contributed by atoms with Crippen LogP contribution in [0.1, 0.15) is 17.6 Å². The van der Waals surface area contributed by atoms with E-state index in [4.69, 9.17) is 4.42 Å². The zero-order chi connectivity index (χ0) is 17.6. The Morgan fingerprint density at radius 1 is 1.36 bits per heavy atom. The number of amides is 2. The Hall–Kier alpha value is -1.86. The minimum Gasteiger partial charge on any atom is -0.446 e. The number of nitrogens with one attached hydrogen (secondary N) is 1. The van der Waals surface area contributed by atoms with Gasteiger partial charge in [0.15, 0.2) is 5.89 Å². The first-order valence-electron chi connectivity index (χ1n) is 8.38. The predicted molar refractivity (Wildman–Crippen MR) is 98.6 cm³/mol. The third kappa shape index (κ3) is 2.95. The van der Waals surface area contributed by atoms with Crippen molar-refractivity contribution in [3.05, 3.63) is 46.6 Å². The number of halogens is 1.